The van der Waals surface area contributed by atoms with Gasteiger partial charge in [0.2, 0.25) is 0 Å². The first kappa shape index (κ1) is 11.3. The molecule has 1 aliphatic rings. The molecule has 4 nitrogen and oxygen atoms in total. The number of hydrogen-bond acceptors (Lipinski definition) is 5. The summed E-state index contributed by atoms with van der Waals surface area (Å²) < 4.78 is 11.0. The number of fused-ring (bicyclic) bond motifs is 1. The molecule has 18 heavy (non-hydrogen) atoms. The van der Waals surface area contributed by atoms with E-state index in [0.717, 1.165) is 28.7 Å². The van der Waals surface area contributed by atoms with Crippen molar-refractivity contribution < 1.29 is 9.47 Å². The maximum absolute atomic E-state index is 5.55. The topological polar surface area (TPSA) is 43.4 Å². The van der Waals surface area contributed by atoms with Crippen molar-refractivity contribution in [3.8, 4) is 11.5 Å². The molecule has 1 aliphatic heterocycles. The van der Waals surface area contributed by atoms with Crippen LogP contribution in [0.2, 0.25) is 0 Å². The highest BCUT2D eigenvalue weighted by atomic mass is 32.1. The summed E-state index contributed by atoms with van der Waals surface area (Å²) in [5.41, 5.74) is 1.03. The minimum Gasteiger partial charge on any atom is -0.486 e. The Morgan fingerprint density at radius 3 is 2.89 bits per heavy atom. The van der Waals surface area contributed by atoms with E-state index in [4.69, 9.17) is 9.47 Å². The first-order valence-electron chi connectivity index (χ1n) is 5.86. The van der Waals surface area contributed by atoms with Gasteiger partial charge in [-0.05, 0) is 19.1 Å². The normalized spacial score (nSPS) is 13.4. The third kappa shape index (κ3) is 2.41. The number of thiazole rings is 1. The average Bonchev–Trinajstić information content (AvgIpc) is 2.82. The van der Waals surface area contributed by atoms with Crippen LogP contribution in [0, 0.1) is 6.92 Å². The molecular weight excluding hydrogens is 248 g/mol. The van der Waals surface area contributed by atoms with Crippen LogP contribution in [0.15, 0.2) is 24.4 Å². The molecule has 0 saturated carbocycles. The number of anilines is 1. The van der Waals surface area contributed by atoms with E-state index in [1.807, 2.05) is 31.3 Å². The molecule has 0 aliphatic carbocycles. The lowest BCUT2D eigenvalue weighted by Gasteiger charge is -2.19. The molecule has 0 bridgehead atoms. The van der Waals surface area contributed by atoms with Gasteiger partial charge in [0, 0.05) is 22.8 Å². The van der Waals surface area contributed by atoms with Gasteiger partial charge in [-0.15, -0.1) is 11.3 Å². The number of nitrogens with zero attached hydrogens (tertiary/aromatic N) is 1. The number of ether oxygens (including phenoxy) is 2. The van der Waals surface area contributed by atoms with Crippen LogP contribution in [0.4, 0.5) is 5.69 Å². The minimum absolute atomic E-state index is 0.616. The fourth-order valence-electron chi connectivity index (χ4n) is 1.83. The molecule has 5 heteroatoms. The number of nitrogens with one attached hydrogen (secondary N) is 1. The summed E-state index contributed by atoms with van der Waals surface area (Å²) in [5.74, 6) is 1.63. The van der Waals surface area contributed by atoms with Crippen LogP contribution in [-0.4, -0.2) is 18.2 Å². The lowest BCUT2D eigenvalue weighted by Crippen LogP contribution is -2.15. The van der Waals surface area contributed by atoms with Crippen LogP contribution in [0.3, 0.4) is 0 Å². The highest BCUT2D eigenvalue weighted by Gasteiger charge is 2.11. The van der Waals surface area contributed by atoms with E-state index in [9.17, 15) is 0 Å². The first-order chi connectivity index (χ1) is 8.81. The zero-order chi connectivity index (χ0) is 12.4. The predicted molar refractivity (Wildman–Crippen MR) is 71.6 cm³/mol. The molecule has 2 aromatic rings. The minimum atomic E-state index is 0.616. The van der Waals surface area contributed by atoms with E-state index in [0.29, 0.717) is 13.2 Å². The van der Waals surface area contributed by atoms with Gasteiger partial charge in [0.25, 0.3) is 0 Å². The second-order valence-electron chi connectivity index (χ2n) is 4.06. The van der Waals surface area contributed by atoms with Crippen LogP contribution in [0.5, 0.6) is 11.5 Å². The zero-order valence-electron chi connectivity index (χ0n) is 10.1. The summed E-state index contributed by atoms with van der Waals surface area (Å²) in [6.07, 6.45) is 1.91. The maximum Gasteiger partial charge on any atom is 0.163 e. The molecule has 1 aromatic carbocycles. The average molecular weight is 262 g/mol. The molecule has 0 spiro atoms. The van der Waals surface area contributed by atoms with Crippen molar-refractivity contribution >= 4 is 17.0 Å². The van der Waals surface area contributed by atoms with Crippen LogP contribution < -0.4 is 14.8 Å². The van der Waals surface area contributed by atoms with Crippen molar-refractivity contribution in [3.63, 3.8) is 0 Å². The van der Waals surface area contributed by atoms with Gasteiger partial charge in [-0.2, -0.15) is 0 Å². The van der Waals surface area contributed by atoms with E-state index in [2.05, 4.69) is 10.3 Å². The van der Waals surface area contributed by atoms with Crippen LogP contribution in [0.1, 0.15) is 9.88 Å². The Hall–Kier alpha value is -1.75. The molecule has 1 N–H and O–H groups in total. The van der Waals surface area contributed by atoms with E-state index < -0.39 is 0 Å². The van der Waals surface area contributed by atoms with Crippen molar-refractivity contribution in [3.05, 3.63) is 34.3 Å². The molecule has 0 unspecified atom stereocenters. The van der Waals surface area contributed by atoms with Gasteiger partial charge in [-0.1, -0.05) is 0 Å². The van der Waals surface area contributed by atoms with Crippen molar-refractivity contribution in [2.75, 3.05) is 18.5 Å². The number of benzene rings is 1. The van der Waals surface area contributed by atoms with E-state index >= 15 is 0 Å². The third-order valence-electron chi connectivity index (χ3n) is 2.68. The summed E-state index contributed by atoms with van der Waals surface area (Å²) in [7, 11) is 0. The Morgan fingerprint density at radius 2 is 2.11 bits per heavy atom. The van der Waals surface area contributed by atoms with Gasteiger partial charge in [-0.3, -0.25) is 0 Å². The Morgan fingerprint density at radius 1 is 1.28 bits per heavy atom. The highest BCUT2D eigenvalue weighted by molar-refractivity contribution is 7.11. The second-order valence-corrected chi connectivity index (χ2v) is 5.38. The lowest BCUT2D eigenvalue weighted by atomic mass is 10.2. The van der Waals surface area contributed by atoms with Crippen LogP contribution >= 0.6 is 11.3 Å². The van der Waals surface area contributed by atoms with Gasteiger partial charge in [0.05, 0.1) is 11.6 Å². The summed E-state index contributed by atoms with van der Waals surface area (Å²) in [5, 5.41) is 4.45. The molecule has 0 saturated heterocycles. The quantitative estimate of drug-likeness (QED) is 0.923. The fourth-order valence-corrected chi connectivity index (χ4v) is 2.56. The highest BCUT2D eigenvalue weighted by Crippen LogP contribution is 2.32. The number of hydrogen-bond donors (Lipinski definition) is 1. The van der Waals surface area contributed by atoms with Crippen molar-refractivity contribution in [1.29, 1.82) is 0 Å². The van der Waals surface area contributed by atoms with Crippen molar-refractivity contribution in [2.24, 2.45) is 0 Å². The summed E-state index contributed by atoms with van der Waals surface area (Å²) in [6.45, 7) is 4.04. The molecule has 0 atom stereocenters. The molecule has 0 radical (unpaired) electrons. The fraction of sp³-hybridized carbons (Fsp3) is 0.308. The van der Waals surface area contributed by atoms with Gasteiger partial charge in [0.1, 0.15) is 13.2 Å². The van der Waals surface area contributed by atoms with E-state index in [1.54, 1.807) is 11.3 Å². The maximum atomic E-state index is 5.55. The van der Waals surface area contributed by atoms with Crippen LogP contribution in [-0.2, 0) is 6.54 Å². The lowest BCUT2D eigenvalue weighted by molar-refractivity contribution is 0.171. The third-order valence-corrected chi connectivity index (χ3v) is 3.59. The van der Waals surface area contributed by atoms with Crippen LogP contribution in [0.25, 0.3) is 0 Å². The van der Waals surface area contributed by atoms with E-state index in [-0.39, 0.29) is 0 Å². The Bertz CT molecular complexity index is 554. The Balaban J connectivity index is 1.69. The van der Waals surface area contributed by atoms with Gasteiger partial charge >= 0.3 is 0 Å². The Labute approximate surface area is 110 Å². The molecule has 2 heterocycles. The molecule has 0 fully saturated rings. The van der Waals surface area contributed by atoms with Gasteiger partial charge < -0.3 is 14.8 Å². The van der Waals surface area contributed by atoms with Crippen molar-refractivity contribution in [1.82, 2.24) is 4.98 Å². The summed E-state index contributed by atoms with van der Waals surface area (Å²) in [6, 6.07) is 5.92. The largest absolute Gasteiger partial charge is 0.486 e. The van der Waals surface area contributed by atoms with Gasteiger partial charge in [0.15, 0.2) is 11.5 Å². The number of rotatable bonds is 3. The molecule has 3 rings (SSSR count). The smallest absolute Gasteiger partial charge is 0.163 e. The Kier molecular flexibility index (Phi) is 3.06. The summed E-state index contributed by atoms with van der Waals surface area (Å²) >= 11 is 1.71. The molecule has 1 aromatic heterocycles. The summed E-state index contributed by atoms with van der Waals surface area (Å²) in [4.78, 5) is 5.46. The SMILES string of the molecule is Cc1ncc(CNc2ccc3c(c2)OCCO3)s1. The van der Waals surface area contributed by atoms with E-state index in [1.165, 1.54) is 4.88 Å². The van der Waals surface area contributed by atoms with Crippen molar-refractivity contribution in [2.45, 2.75) is 13.5 Å². The molecular formula is C13H14N2O2S. The number of aryl methyl sites for hydroxylation is 1. The monoisotopic (exact) mass is 262 g/mol. The zero-order valence-corrected chi connectivity index (χ0v) is 10.9. The number of aromatic nitrogens is 1. The molecule has 0 amide bonds. The predicted octanol–water partition coefficient (Wildman–Crippen LogP) is 2.83. The first-order valence-corrected chi connectivity index (χ1v) is 6.68. The molecule has 94 valence electrons. The second kappa shape index (κ2) is 4.86. The standard InChI is InChI=1S/C13H14N2O2S/c1-9-14-7-11(18-9)8-15-10-2-3-12-13(6-10)17-5-4-16-12/h2-3,6-7,15H,4-5,8H2,1H3. The van der Waals surface area contributed by atoms with Gasteiger partial charge in [-0.25, -0.2) is 4.98 Å².